The normalized spacial score (nSPS) is 16.3. The highest BCUT2D eigenvalue weighted by Crippen LogP contribution is 2.32. The van der Waals surface area contributed by atoms with Crippen molar-refractivity contribution < 1.29 is 26.7 Å². The average molecular weight is 451 g/mol. The zero-order chi connectivity index (χ0) is 22.9. The summed E-state index contributed by atoms with van der Waals surface area (Å²) in [5.41, 5.74) is -1.12. The topological polar surface area (TPSA) is 71.8 Å². The maximum Gasteiger partial charge on any atom is 0.419 e. The predicted octanol–water partition coefficient (Wildman–Crippen LogP) is 4.17. The number of hydrogen-bond acceptors (Lipinski definition) is 4. The molecule has 1 amide bonds. The molecule has 4 rings (SSSR count). The van der Waals surface area contributed by atoms with Gasteiger partial charge in [0, 0.05) is 12.3 Å². The van der Waals surface area contributed by atoms with E-state index in [4.69, 9.17) is 0 Å². The van der Waals surface area contributed by atoms with Crippen LogP contribution in [-0.4, -0.2) is 27.0 Å². The van der Waals surface area contributed by atoms with Crippen LogP contribution >= 0.6 is 0 Å². The van der Waals surface area contributed by atoms with Crippen molar-refractivity contribution in [1.29, 1.82) is 0 Å². The van der Waals surface area contributed by atoms with Gasteiger partial charge in [0.1, 0.15) is 12.1 Å². The number of amides is 1. The molecule has 2 aromatic heterocycles. The van der Waals surface area contributed by atoms with Crippen LogP contribution in [0.3, 0.4) is 0 Å². The van der Waals surface area contributed by atoms with Gasteiger partial charge in [0.05, 0.1) is 35.6 Å². The van der Waals surface area contributed by atoms with Crippen LogP contribution in [0.1, 0.15) is 35.7 Å². The Morgan fingerprint density at radius 1 is 1.25 bits per heavy atom. The second-order valence-electron chi connectivity index (χ2n) is 7.39. The van der Waals surface area contributed by atoms with Crippen LogP contribution in [0.4, 0.5) is 27.6 Å². The molecule has 3 aromatic rings. The number of carbonyl (C=O) groups excluding carboxylic acids is 1. The molecule has 2 N–H and O–H groups in total. The molecule has 0 spiro atoms. The molecule has 6 nitrogen and oxygen atoms in total. The summed E-state index contributed by atoms with van der Waals surface area (Å²) >= 11 is 0. The maximum atomic E-state index is 14.6. The van der Waals surface area contributed by atoms with Crippen LogP contribution in [0.15, 0.2) is 43.0 Å². The van der Waals surface area contributed by atoms with Crippen LogP contribution in [0.5, 0.6) is 0 Å². The molecule has 0 aliphatic carbocycles. The first-order chi connectivity index (χ1) is 15.2. The van der Waals surface area contributed by atoms with Gasteiger partial charge in [0.2, 0.25) is 5.91 Å². The fraction of sp³-hybridized carbons (Fsp3) is 0.286. The number of alkyl halides is 3. The summed E-state index contributed by atoms with van der Waals surface area (Å²) in [6, 6.07) is 3.83. The van der Waals surface area contributed by atoms with E-state index in [0.717, 1.165) is 43.3 Å². The third-order valence-electron chi connectivity index (χ3n) is 5.11. The summed E-state index contributed by atoms with van der Waals surface area (Å²) in [6.45, 7) is 0.892. The van der Waals surface area contributed by atoms with Crippen molar-refractivity contribution in [3.8, 4) is 5.82 Å². The number of halogens is 5. The average Bonchev–Trinajstić information content (AvgIpc) is 3.40. The molecule has 0 radical (unpaired) electrons. The lowest BCUT2D eigenvalue weighted by Gasteiger charge is -2.11. The van der Waals surface area contributed by atoms with E-state index in [2.05, 4.69) is 20.6 Å². The molecular weight excluding hydrogens is 433 g/mol. The number of pyridine rings is 1. The third kappa shape index (κ3) is 4.62. The lowest BCUT2D eigenvalue weighted by atomic mass is 10.1. The standard InChI is InChI=1S/C21H18F5N5O/c22-15-8-13(9-28-20(15)31-10-17(29-11-31)16-5-2-6-27-16)30-18(32)7-12-3-1-4-14(19(12)23)21(24,25)26/h1,3-4,8-11,16,27H,2,5-7H2,(H,30,32)/t16-/m0/s1. The van der Waals surface area contributed by atoms with Crippen LogP contribution in [0.2, 0.25) is 0 Å². The molecule has 0 bridgehead atoms. The minimum Gasteiger partial charge on any atom is -0.324 e. The van der Waals surface area contributed by atoms with E-state index in [1.54, 1.807) is 6.20 Å². The van der Waals surface area contributed by atoms with E-state index >= 15 is 0 Å². The zero-order valence-corrected chi connectivity index (χ0v) is 16.6. The SMILES string of the molecule is O=C(Cc1cccc(C(F)(F)F)c1F)Nc1cnc(-n2cnc([C@@H]3CCCN3)c2)c(F)c1. The van der Waals surface area contributed by atoms with Gasteiger partial charge in [-0.05, 0) is 31.0 Å². The summed E-state index contributed by atoms with van der Waals surface area (Å²) in [5.74, 6) is -3.09. The van der Waals surface area contributed by atoms with Gasteiger partial charge in [0.25, 0.3) is 0 Å². The van der Waals surface area contributed by atoms with Gasteiger partial charge in [-0.15, -0.1) is 0 Å². The van der Waals surface area contributed by atoms with Crippen molar-refractivity contribution in [2.24, 2.45) is 0 Å². The van der Waals surface area contributed by atoms with Crippen LogP contribution in [-0.2, 0) is 17.4 Å². The minimum absolute atomic E-state index is 0.0126. The Morgan fingerprint density at radius 3 is 2.75 bits per heavy atom. The first-order valence-corrected chi connectivity index (χ1v) is 9.80. The van der Waals surface area contributed by atoms with Crippen LogP contribution < -0.4 is 10.6 Å². The number of rotatable bonds is 5. The summed E-state index contributed by atoms with van der Waals surface area (Å²) in [6.07, 6.45) is 0.747. The molecule has 3 heterocycles. The van der Waals surface area contributed by atoms with Crippen molar-refractivity contribution in [3.05, 3.63) is 71.4 Å². The predicted molar refractivity (Wildman–Crippen MR) is 105 cm³/mol. The fourth-order valence-corrected chi connectivity index (χ4v) is 3.57. The smallest absolute Gasteiger partial charge is 0.324 e. The second kappa shape index (κ2) is 8.65. The second-order valence-corrected chi connectivity index (χ2v) is 7.39. The highest BCUT2D eigenvalue weighted by Gasteiger charge is 2.35. The Labute approximate surface area is 179 Å². The van der Waals surface area contributed by atoms with Crippen molar-refractivity contribution in [3.63, 3.8) is 0 Å². The summed E-state index contributed by atoms with van der Waals surface area (Å²) in [4.78, 5) is 20.5. The van der Waals surface area contributed by atoms with E-state index in [1.165, 1.54) is 17.1 Å². The quantitative estimate of drug-likeness (QED) is 0.572. The number of benzene rings is 1. The van der Waals surface area contributed by atoms with E-state index in [9.17, 15) is 26.7 Å². The first-order valence-electron chi connectivity index (χ1n) is 9.80. The van der Waals surface area contributed by atoms with Gasteiger partial charge in [-0.25, -0.2) is 18.7 Å². The van der Waals surface area contributed by atoms with Crippen LogP contribution in [0, 0.1) is 11.6 Å². The van der Waals surface area contributed by atoms with E-state index < -0.39 is 41.3 Å². The summed E-state index contributed by atoms with van der Waals surface area (Å²) in [5, 5.41) is 5.61. The summed E-state index contributed by atoms with van der Waals surface area (Å²) < 4.78 is 68.6. The molecule has 1 fully saturated rings. The Hall–Kier alpha value is -3.34. The summed E-state index contributed by atoms with van der Waals surface area (Å²) in [7, 11) is 0. The number of nitrogens with one attached hydrogen (secondary N) is 2. The number of anilines is 1. The lowest BCUT2D eigenvalue weighted by Crippen LogP contribution is -2.17. The van der Waals surface area contributed by atoms with Crippen molar-refractivity contribution in [2.45, 2.75) is 31.5 Å². The maximum absolute atomic E-state index is 14.6. The Bertz CT molecular complexity index is 1140. The number of aromatic nitrogens is 3. The highest BCUT2D eigenvalue weighted by atomic mass is 19.4. The van der Waals surface area contributed by atoms with Gasteiger partial charge in [-0.1, -0.05) is 12.1 Å². The number of imidazole rings is 1. The van der Waals surface area contributed by atoms with Gasteiger partial charge in [-0.3, -0.25) is 9.36 Å². The number of hydrogen-bond donors (Lipinski definition) is 2. The molecule has 1 aromatic carbocycles. The van der Waals surface area contributed by atoms with E-state index in [0.29, 0.717) is 6.07 Å². The molecule has 0 saturated carbocycles. The zero-order valence-electron chi connectivity index (χ0n) is 16.6. The Morgan fingerprint density at radius 2 is 2.06 bits per heavy atom. The molecular formula is C21H18F5N5O. The molecule has 0 unspecified atom stereocenters. The molecule has 32 heavy (non-hydrogen) atoms. The first kappa shape index (κ1) is 21.9. The molecule has 168 valence electrons. The van der Waals surface area contributed by atoms with Crippen molar-refractivity contribution >= 4 is 11.6 Å². The largest absolute Gasteiger partial charge is 0.419 e. The van der Waals surface area contributed by atoms with Gasteiger partial charge >= 0.3 is 6.18 Å². The van der Waals surface area contributed by atoms with Crippen molar-refractivity contribution in [2.75, 3.05) is 11.9 Å². The lowest BCUT2D eigenvalue weighted by molar-refractivity contribution is -0.140. The molecule has 1 atom stereocenters. The minimum atomic E-state index is -4.87. The van der Waals surface area contributed by atoms with E-state index in [1.807, 2.05) is 0 Å². The monoisotopic (exact) mass is 451 g/mol. The molecule has 1 aliphatic heterocycles. The fourth-order valence-electron chi connectivity index (χ4n) is 3.57. The highest BCUT2D eigenvalue weighted by molar-refractivity contribution is 5.92. The Balaban J connectivity index is 1.46. The number of nitrogens with zero attached hydrogens (tertiary/aromatic N) is 3. The van der Waals surface area contributed by atoms with Gasteiger partial charge in [0.15, 0.2) is 11.6 Å². The van der Waals surface area contributed by atoms with Crippen LogP contribution in [0.25, 0.3) is 5.82 Å². The molecule has 1 saturated heterocycles. The van der Waals surface area contributed by atoms with Gasteiger partial charge in [-0.2, -0.15) is 13.2 Å². The Kier molecular flexibility index (Phi) is 5.92. The van der Waals surface area contributed by atoms with Crippen molar-refractivity contribution in [1.82, 2.24) is 19.9 Å². The third-order valence-corrected chi connectivity index (χ3v) is 5.11. The van der Waals surface area contributed by atoms with E-state index in [-0.39, 0.29) is 17.5 Å². The number of carbonyl (C=O) groups is 1. The molecule has 1 aliphatic rings. The van der Waals surface area contributed by atoms with Gasteiger partial charge < -0.3 is 10.6 Å². The molecule has 11 heteroatoms.